The highest BCUT2D eigenvalue weighted by Gasteiger charge is 2.41. The minimum Gasteiger partial charge on any atom is -0.438 e. The second-order valence-electron chi connectivity index (χ2n) is 5.95. The number of hydrogen-bond donors (Lipinski definition) is 0. The zero-order chi connectivity index (χ0) is 17.3. The molecule has 0 radical (unpaired) electrons. The molecule has 7 heteroatoms. The van der Waals surface area contributed by atoms with Crippen molar-refractivity contribution >= 4 is 5.91 Å². The molecule has 1 amide bonds. The molecule has 1 fully saturated rings. The minimum absolute atomic E-state index is 0.314. The van der Waals surface area contributed by atoms with Crippen LogP contribution >= 0.6 is 0 Å². The quantitative estimate of drug-likeness (QED) is 0.831. The van der Waals surface area contributed by atoms with E-state index in [0.717, 1.165) is 12.8 Å². The van der Waals surface area contributed by atoms with Crippen LogP contribution in [0.3, 0.4) is 0 Å². The molecule has 1 aliphatic rings. The third kappa shape index (κ3) is 3.16. The number of oxazole rings is 1. The van der Waals surface area contributed by atoms with Crippen molar-refractivity contribution in [2.75, 3.05) is 13.1 Å². The van der Waals surface area contributed by atoms with Gasteiger partial charge in [-0.25, -0.2) is 4.98 Å². The lowest BCUT2D eigenvalue weighted by molar-refractivity contribution is -0.153. The van der Waals surface area contributed by atoms with Crippen molar-refractivity contribution in [2.45, 2.75) is 31.9 Å². The van der Waals surface area contributed by atoms with Crippen LogP contribution in [0.4, 0.5) is 13.2 Å². The number of hydrogen-bond acceptors (Lipinski definition) is 3. The van der Waals surface area contributed by atoms with E-state index >= 15 is 0 Å². The average molecular weight is 338 g/mol. The van der Waals surface area contributed by atoms with Gasteiger partial charge in [-0.3, -0.25) is 4.79 Å². The van der Waals surface area contributed by atoms with E-state index in [9.17, 15) is 18.0 Å². The number of alkyl halides is 3. The molecule has 1 aromatic heterocycles. The molecule has 128 valence electrons. The first-order valence-corrected chi connectivity index (χ1v) is 7.73. The molecular formula is C17H17F3N2O2. The number of aryl methyl sites for hydroxylation is 1. The normalized spacial score (nSPS) is 16.4. The van der Waals surface area contributed by atoms with Gasteiger partial charge < -0.3 is 9.32 Å². The number of amides is 1. The number of rotatable bonds is 2. The van der Waals surface area contributed by atoms with Crippen molar-refractivity contribution in [2.24, 2.45) is 0 Å². The summed E-state index contributed by atoms with van der Waals surface area (Å²) in [5, 5.41) is 0. The van der Waals surface area contributed by atoms with E-state index in [0.29, 0.717) is 25.4 Å². The Morgan fingerprint density at radius 1 is 1.25 bits per heavy atom. The van der Waals surface area contributed by atoms with E-state index in [4.69, 9.17) is 0 Å². The van der Waals surface area contributed by atoms with Crippen molar-refractivity contribution in [1.29, 1.82) is 0 Å². The van der Waals surface area contributed by atoms with E-state index in [1.54, 1.807) is 0 Å². The molecule has 0 atom stereocenters. The van der Waals surface area contributed by atoms with E-state index in [-0.39, 0.29) is 0 Å². The fourth-order valence-corrected chi connectivity index (χ4v) is 3.19. The number of aromatic nitrogens is 1. The third-order valence-electron chi connectivity index (χ3n) is 4.44. The summed E-state index contributed by atoms with van der Waals surface area (Å²) in [5.74, 6) is -1.73. The van der Waals surface area contributed by atoms with Crippen LogP contribution in [0.2, 0.25) is 0 Å². The van der Waals surface area contributed by atoms with Crippen LogP contribution in [0, 0.1) is 6.92 Å². The Morgan fingerprint density at radius 3 is 2.54 bits per heavy atom. The first kappa shape index (κ1) is 16.5. The Kier molecular flexibility index (Phi) is 4.34. The zero-order valence-electron chi connectivity index (χ0n) is 13.1. The van der Waals surface area contributed by atoms with E-state index < -0.39 is 23.5 Å². The first-order valence-electron chi connectivity index (χ1n) is 7.73. The lowest BCUT2D eigenvalue weighted by Crippen LogP contribution is -2.39. The van der Waals surface area contributed by atoms with Crippen molar-refractivity contribution in [1.82, 2.24) is 9.88 Å². The fourth-order valence-electron chi connectivity index (χ4n) is 3.19. The first-order chi connectivity index (χ1) is 11.4. The Hall–Kier alpha value is -2.31. The molecule has 1 aliphatic heterocycles. The lowest BCUT2D eigenvalue weighted by Gasteiger charge is -2.32. The van der Waals surface area contributed by atoms with Crippen LogP contribution in [0.25, 0.3) is 0 Å². The van der Waals surface area contributed by atoms with Gasteiger partial charge in [-0.15, -0.1) is 0 Å². The smallest absolute Gasteiger partial charge is 0.438 e. The number of carbonyl (C=O) groups is 1. The molecule has 0 unspecified atom stereocenters. The maximum absolute atomic E-state index is 12.8. The molecule has 0 spiro atoms. The van der Waals surface area contributed by atoms with Gasteiger partial charge >= 0.3 is 6.18 Å². The SMILES string of the molecule is Cc1ccccc1C1CCN(C(=O)c2ncoc2C(F)(F)F)CC1. The molecule has 0 aliphatic carbocycles. The molecule has 2 heterocycles. The van der Waals surface area contributed by atoms with E-state index in [1.165, 1.54) is 16.0 Å². The summed E-state index contributed by atoms with van der Waals surface area (Å²) in [4.78, 5) is 17.2. The maximum atomic E-state index is 12.8. The van der Waals surface area contributed by atoms with Gasteiger partial charge in [-0.2, -0.15) is 13.2 Å². The van der Waals surface area contributed by atoms with E-state index in [2.05, 4.69) is 15.5 Å². The largest absolute Gasteiger partial charge is 0.452 e. The number of nitrogens with zero attached hydrogens (tertiary/aromatic N) is 2. The van der Waals surface area contributed by atoms with Crippen molar-refractivity contribution in [3.05, 3.63) is 53.2 Å². The number of carbonyl (C=O) groups excluding carboxylic acids is 1. The Labute approximate surface area is 137 Å². The summed E-state index contributed by atoms with van der Waals surface area (Å²) in [6.45, 7) is 2.85. The van der Waals surface area contributed by atoms with Gasteiger partial charge in [-0.1, -0.05) is 24.3 Å². The highest BCUT2D eigenvalue weighted by atomic mass is 19.4. The van der Waals surface area contributed by atoms with Gasteiger partial charge in [-0.05, 0) is 36.8 Å². The average Bonchev–Trinajstić information content (AvgIpc) is 3.05. The molecule has 1 saturated heterocycles. The fraction of sp³-hybridized carbons (Fsp3) is 0.412. The summed E-state index contributed by atoms with van der Waals surface area (Å²) in [6.07, 6.45) is -2.62. The lowest BCUT2D eigenvalue weighted by atomic mass is 9.87. The van der Waals surface area contributed by atoms with Gasteiger partial charge in [0.1, 0.15) is 0 Å². The number of halogens is 3. The molecule has 2 aromatic rings. The van der Waals surface area contributed by atoms with Crippen LogP contribution < -0.4 is 0 Å². The van der Waals surface area contributed by atoms with Crippen LogP contribution in [0.5, 0.6) is 0 Å². The Bertz CT molecular complexity index is 731. The van der Waals surface area contributed by atoms with Gasteiger partial charge in [0.25, 0.3) is 5.91 Å². The van der Waals surface area contributed by atoms with Crippen LogP contribution in [0.15, 0.2) is 35.1 Å². The summed E-state index contributed by atoms with van der Waals surface area (Å²) in [5.41, 5.74) is 1.77. The molecule has 4 nitrogen and oxygen atoms in total. The molecule has 0 bridgehead atoms. The van der Waals surface area contributed by atoms with E-state index in [1.807, 2.05) is 25.1 Å². The zero-order valence-corrected chi connectivity index (χ0v) is 13.1. The van der Waals surface area contributed by atoms with Gasteiger partial charge in [0.2, 0.25) is 5.76 Å². The van der Waals surface area contributed by atoms with Gasteiger partial charge in [0, 0.05) is 13.1 Å². The van der Waals surface area contributed by atoms with Crippen LogP contribution in [0.1, 0.15) is 46.1 Å². The molecule has 1 aromatic carbocycles. The predicted molar refractivity (Wildman–Crippen MR) is 80.6 cm³/mol. The number of piperidine rings is 1. The van der Waals surface area contributed by atoms with Crippen molar-refractivity contribution in [3.63, 3.8) is 0 Å². The second-order valence-corrected chi connectivity index (χ2v) is 5.95. The number of likely N-dealkylation sites (tertiary alicyclic amines) is 1. The number of benzene rings is 1. The topological polar surface area (TPSA) is 46.3 Å². The molecule has 0 N–H and O–H groups in total. The van der Waals surface area contributed by atoms with Crippen LogP contribution in [-0.4, -0.2) is 28.9 Å². The Balaban J connectivity index is 1.70. The van der Waals surface area contributed by atoms with Crippen LogP contribution in [-0.2, 0) is 6.18 Å². The minimum atomic E-state index is -4.72. The summed E-state index contributed by atoms with van der Waals surface area (Å²) in [7, 11) is 0. The standard InChI is InChI=1S/C17H17F3N2O2/c1-11-4-2-3-5-13(11)12-6-8-22(9-7-12)16(23)14-15(17(18,19)20)24-10-21-14/h2-5,10,12H,6-9H2,1H3. The second kappa shape index (κ2) is 6.30. The Morgan fingerprint density at radius 2 is 1.92 bits per heavy atom. The summed E-state index contributed by atoms with van der Waals surface area (Å²) < 4.78 is 42.9. The summed E-state index contributed by atoms with van der Waals surface area (Å²) in [6, 6.07) is 8.06. The molecular weight excluding hydrogens is 321 g/mol. The van der Waals surface area contributed by atoms with Crippen molar-refractivity contribution < 1.29 is 22.4 Å². The molecule has 24 heavy (non-hydrogen) atoms. The highest BCUT2D eigenvalue weighted by molar-refractivity contribution is 5.93. The van der Waals surface area contributed by atoms with Gasteiger partial charge in [0.05, 0.1) is 0 Å². The maximum Gasteiger partial charge on any atom is 0.452 e. The van der Waals surface area contributed by atoms with Gasteiger partial charge in [0.15, 0.2) is 12.1 Å². The molecule has 3 rings (SSSR count). The van der Waals surface area contributed by atoms with Crippen molar-refractivity contribution in [3.8, 4) is 0 Å². The predicted octanol–water partition coefficient (Wildman–Crippen LogP) is 4.02. The monoisotopic (exact) mass is 338 g/mol. The third-order valence-corrected chi connectivity index (χ3v) is 4.44. The molecule has 0 saturated carbocycles. The highest BCUT2D eigenvalue weighted by Crippen LogP contribution is 2.34. The summed E-state index contributed by atoms with van der Waals surface area (Å²) >= 11 is 0.